The number of carbonyl (C=O) groups is 1. The zero-order valence-electron chi connectivity index (χ0n) is 24.6. The van der Waals surface area contributed by atoms with Crippen LogP contribution in [0.2, 0.25) is 0 Å². The van der Waals surface area contributed by atoms with E-state index in [1.807, 2.05) is 30.3 Å². The van der Waals surface area contributed by atoms with Gasteiger partial charge in [0.2, 0.25) is 11.8 Å². The molecule has 1 saturated carbocycles. The highest BCUT2D eigenvalue weighted by atomic mass is 32.2. The summed E-state index contributed by atoms with van der Waals surface area (Å²) in [5.41, 5.74) is 5.33. The fourth-order valence-corrected chi connectivity index (χ4v) is 7.59. The third-order valence-corrected chi connectivity index (χ3v) is 9.75. The van der Waals surface area contributed by atoms with Gasteiger partial charge in [-0.2, -0.15) is 4.98 Å². The van der Waals surface area contributed by atoms with Crippen LogP contribution < -0.4 is 14.8 Å². The predicted octanol–water partition coefficient (Wildman–Crippen LogP) is 6.66. The van der Waals surface area contributed by atoms with Gasteiger partial charge in [-0.15, -0.1) is 0 Å². The molecule has 216 valence electrons. The first-order valence-electron chi connectivity index (χ1n) is 14.9. The SMILES string of the molecule is Cc1cccc(C)c1-c1cc2nc(n1)NSc1cccc(c1)C(=O)N(C1CC3(CCNCC3)C1)[C@H](CC(C)C)CO2. The maximum atomic E-state index is 14.3. The van der Waals surface area contributed by atoms with Gasteiger partial charge in [0.15, 0.2) is 0 Å². The zero-order valence-corrected chi connectivity index (χ0v) is 25.4. The molecule has 1 aliphatic carbocycles. The van der Waals surface area contributed by atoms with Gasteiger partial charge in [0.05, 0.1) is 11.7 Å². The van der Waals surface area contributed by atoms with Crippen molar-refractivity contribution in [1.82, 2.24) is 20.2 Å². The van der Waals surface area contributed by atoms with Crippen LogP contribution in [0.4, 0.5) is 5.95 Å². The number of amides is 1. The lowest BCUT2D eigenvalue weighted by atomic mass is 9.60. The minimum Gasteiger partial charge on any atom is -0.475 e. The summed E-state index contributed by atoms with van der Waals surface area (Å²) in [6.45, 7) is 11.2. The number of nitrogens with one attached hydrogen (secondary N) is 2. The van der Waals surface area contributed by atoms with Crippen molar-refractivity contribution in [2.24, 2.45) is 11.3 Å². The minimum absolute atomic E-state index is 0.0568. The molecule has 3 heterocycles. The smallest absolute Gasteiger partial charge is 0.254 e. The molecule has 3 aromatic rings. The molecule has 0 unspecified atom stereocenters. The van der Waals surface area contributed by atoms with E-state index in [0.29, 0.717) is 29.8 Å². The molecule has 2 aliphatic heterocycles. The molecule has 2 aromatic carbocycles. The average Bonchev–Trinajstić information content (AvgIpc) is 2.94. The summed E-state index contributed by atoms with van der Waals surface area (Å²) in [7, 11) is 0. The number of ether oxygens (including phenoxy) is 1. The van der Waals surface area contributed by atoms with E-state index in [9.17, 15) is 4.79 Å². The first-order chi connectivity index (χ1) is 19.8. The second-order valence-corrected chi connectivity index (χ2v) is 13.4. The lowest BCUT2D eigenvalue weighted by Crippen LogP contribution is -2.59. The van der Waals surface area contributed by atoms with Crippen molar-refractivity contribution in [3.63, 3.8) is 0 Å². The minimum atomic E-state index is -0.0568. The molecule has 8 heteroatoms. The van der Waals surface area contributed by atoms with Crippen molar-refractivity contribution in [2.45, 2.75) is 76.8 Å². The van der Waals surface area contributed by atoms with Crippen molar-refractivity contribution in [2.75, 3.05) is 24.4 Å². The van der Waals surface area contributed by atoms with E-state index >= 15 is 0 Å². The van der Waals surface area contributed by atoms with Crippen LogP contribution in [0, 0.1) is 25.2 Å². The number of piperidine rings is 1. The van der Waals surface area contributed by atoms with Crippen LogP contribution in [0.1, 0.15) is 67.4 Å². The monoisotopic (exact) mass is 571 g/mol. The molecule has 7 nitrogen and oxygen atoms in total. The fourth-order valence-electron chi connectivity index (χ4n) is 6.96. The zero-order chi connectivity index (χ0) is 28.6. The predicted molar refractivity (Wildman–Crippen MR) is 165 cm³/mol. The van der Waals surface area contributed by atoms with Gasteiger partial charge < -0.3 is 15.0 Å². The molecule has 1 aromatic heterocycles. The summed E-state index contributed by atoms with van der Waals surface area (Å²) < 4.78 is 9.82. The second kappa shape index (κ2) is 11.6. The Morgan fingerprint density at radius 2 is 1.78 bits per heavy atom. The molecule has 1 amide bonds. The molecule has 0 radical (unpaired) electrons. The number of carbonyl (C=O) groups excluding carboxylic acids is 1. The number of anilines is 1. The molecule has 4 bridgehead atoms. The number of hydrogen-bond acceptors (Lipinski definition) is 7. The number of benzene rings is 2. The summed E-state index contributed by atoms with van der Waals surface area (Å²) in [6.07, 6.45) is 5.39. The van der Waals surface area contributed by atoms with E-state index in [2.05, 4.69) is 60.8 Å². The largest absolute Gasteiger partial charge is 0.475 e. The number of hydrogen-bond donors (Lipinski definition) is 2. The highest BCUT2D eigenvalue weighted by Crippen LogP contribution is 2.51. The Morgan fingerprint density at radius 3 is 2.51 bits per heavy atom. The topological polar surface area (TPSA) is 79.4 Å². The molecular weight excluding hydrogens is 530 g/mol. The Balaban J connectivity index is 1.39. The van der Waals surface area contributed by atoms with Crippen LogP contribution in [0.5, 0.6) is 5.88 Å². The summed E-state index contributed by atoms with van der Waals surface area (Å²) in [5.74, 6) is 1.53. The van der Waals surface area contributed by atoms with Crippen LogP contribution in [0.15, 0.2) is 53.4 Å². The van der Waals surface area contributed by atoms with Gasteiger partial charge >= 0.3 is 0 Å². The number of aryl methyl sites for hydroxylation is 2. The van der Waals surface area contributed by atoms with Crippen molar-refractivity contribution < 1.29 is 9.53 Å². The second-order valence-electron chi connectivity index (χ2n) is 12.5. The molecule has 1 saturated heterocycles. The van der Waals surface area contributed by atoms with Gasteiger partial charge in [0.25, 0.3) is 5.91 Å². The van der Waals surface area contributed by atoms with Crippen LogP contribution in [-0.2, 0) is 0 Å². The lowest BCUT2D eigenvalue weighted by Gasteiger charge is -2.55. The maximum Gasteiger partial charge on any atom is 0.254 e. The van der Waals surface area contributed by atoms with Gasteiger partial charge in [0, 0.05) is 28.1 Å². The summed E-state index contributed by atoms with van der Waals surface area (Å²) in [4.78, 5) is 27.1. The molecule has 1 spiro atoms. The standard InChI is InChI=1S/C33H41N5O2S/c1-21(2)15-25-20-40-29-17-28(30-22(3)7-5-8-23(30)4)35-32(36-29)37-41-27-10-6-9-24(16-27)31(39)38(25)26-18-33(19-26)11-13-34-14-12-33/h5-10,16-17,21,25-26,34H,11-15,18-20H2,1-4H3,(H,35,36,37)/t25-/m1/s1. The van der Waals surface area contributed by atoms with E-state index in [0.717, 1.165) is 65.2 Å². The van der Waals surface area contributed by atoms with E-state index in [4.69, 9.17) is 14.7 Å². The fraction of sp³-hybridized carbons (Fsp3) is 0.485. The molecule has 2 N–H and O–H groups in total. The average molecular weight is 572 g/mol. The highest BCUT2D eigenvalue weighted by molar-refractivity contribution is 8.00. The number of fused-ring (bicyclic) bond motifs is 4. The molecule has 6 rings (SSSR count). The molecule has 41 heavy (non-hydrogen) atoms. The van der Waals surface area contributed by atoms with Crippen LogP contribution in [0.3, 0.4) is 0 Å². The first kappa shape index (κ1) is 28.0. The van der Waals surface area contributed by atoms with Gasteiger partial charge in [-0.25, -0.2) is 4.98 Å². The third kappa shape index (κ3) is 5.95. The summed E-state index contributed by atoms with van der Waals surface area (Å²) >= 11 is 1.42. The summed E-state index contributed by atoms with van der Waals surface area (Å²) in [6, 6.07) is 16.3. The van der Waals surface area contributed by atoms with E-state index in [-0.39, 0.29) is 18.0 Å². The lowest BCUT2D eigenvalue weighted by molar-refractivity contribution is -0.0368. The van der Waals surface area contributed by atoms with Gasteiger partial charge in [0.1, 0.15) is 6.61 Å². The van der Waals surface area contributed by atoms with E-state index in [1.54, 1.807) is 0 Å². The molecule has 1 atom stereocenters. The molecule has 3 aliphatic rings. The van der Waals surface area contributed by atoms with Crippen molar-refractivity contribution >= 4 is 23.8 Å². The Morgan fingerprint density at radius 1 is 1.05 bits per heavy atom. The number of aromatic nitrogens is 2. The van der Waals surface area contributed by atoms with Gasteiger partial charge in [-0.3, -0.25) is 9.52 Å². The normalized spacial score (nSPS) is 20.9. The Labute approximate surface area is 248 Å². The van der Waals surface area contributed by atoms with Gasteiger partial charge in [-0.05, 0) is 112 Å². The Kier molecular flexibility index (Phi) is 7.97. The maximum absolute atomic E-state index is 14.3. The Hall–Kier alpha value is -3.10. The van der Waals surface area contributed by atoms with Crippen molar-refractivity contribution in [3.05, 3.63) is 65.2 Å². The summed E-state index contributed by atoms with van der Waals surface area (Å²) in [5, 5.41) is 3.51. The van der Waals surface area contributed by atoms with Crippen LogP contribution in [0.25, 0.3) is 11.3 Å². The quantitative estimate of drug-likeness (QED) is 0.339. The molecule has 2 fully saturated rings. The molecular formula is C33H41N5O2S. The highest BCUT2D eigenvalue weighted by Gasteiger charge is 2.49. The van der Waals surface area contributed by atoms with Gasteiger partial charge in [-0.1, -0.05) is 38.1 Å². The van der Waals surface area contributed by atoms with Crippen molar-refractivity contribution in [3.8, 4) is 17.1 Å². The van der Waals surface area contributed by atoms with E-state index < -0.39 is 0 Å². The number of nitrogens with zero attached hydrogens (tertiary/aromatic N) is 3. The first-order valence-corrected chi connectivity index (χ1v) is 15.8. The number of rotatable bonds is 4. The third-order valence-electron chi connectivity index (χ3n) is 8.97. The van der Waals surface area contributed by atoms with Crippen LogP contribution in [-0.4, -0.2) is 52.6 Å². The van der Waals surface area contributed by atoms with Crippen molar-refractivity contribution in [1.29, 1.82) is 0 Å². The Bertz CT molecular complexity index is 1390. The van der Waals surface area contributed by atoms with E-state index in [1.165, 1.54) is 24.8 Å². The van der Waals surface area contributed by atoms with Crippen LogP contribution >= 0.6 is 11.9 Å².